The van der Waals surface area contributed by atoms with Crippen LogP contribution in [-0.4, -0.2) is 18.8 Å². The summed E-state index contributed by atoms with van der Waals surface area (Å²) < 4.78 is 5.73. The number of hydrogen-bond acceptors (Lipinski definition) is 2. The molecule has 3 heteroatoms. The number of nitrogens with two attached hydrogens (primary N) is 1. The van der Waals surface area contributed by atoms with Crippen LogP contribution < -0.4 is 5.73 Å². The van der Waals surface area contributed by atoms with Crippen molar-refractivity contribution in [2.45, 2.75) is 51.7 Å². The van der Waals surface area contributed by atoms with E-state index >= 15 is 0 Å². The molecule has 13 heavy (non-hydrogen) atoms. The molecule has 1 saturated carbocycles. The van der Waals surface area contributed by atoms with Crippen molar-refractivity contribution >= 4 is 12.4 Å². The van der Waals surface area contributed by atoms with Crippen molar-refractivity contribution in [3.05, 3.63) is 0 Å². The van der Waals surface area contributed by atoms with E-state index in [9.17, 15) is 0 Å². The fourth-order valence-electron chi connectivity index (χ4n) is 1.66. The minimum atomic E-state index is 0. The van der Waals surface area contributed by atoms with Crippen LogP contribution in [0.5, 0.6) is 0 Å². The van der Waals surface area contributed by atoms with E-state index in [1.54, 1.807) is 0 Å². The van der Waals surface area contributed by atoms with Gasteiger partial charge in [0, 0.05) is 12.6 Å². The van der Waals surface area contributed by atoms with Crippen molar-refractivity contribution in [3.8, 4) is 0 Å². The lowest BCUT2D eigenvalue weighted by Gasteiger charge is -2.27. The van der Waals surface area contributed by atoms with Crippen LogP contribution in [0.1, 0.15) is 39.5 Å². The zero-order valence-electron chi connectivity index (χ0n) is 8.66. The second-order valence-corrected chi connectivity index (χ2v) is 4.28. The number of rotatable bonds is 3. The minimum absolute atomic E-state index is 0. The van der Waals surface area contributed by atoms with Gasteiger partial charge in [-0.3, -0.25) is 0 Å². The zero-order chi connectivity index (χ0) is 8.97. The van der Waals surface area contributed by atoms with Gasteiger partial charge >= 0.3 is 0 Å². The Morgan fingerprint density at radius 3 is 2.62 bits per heavy atom. The molecular weight excluding hydrogens is 186 g/mol. The van der Waals surface area contributed by atoms with Crippen molar-refractivity contribution in [2.75, 3.05) is 6.61 Å². The van der Waals surface area contributed by atoms with Gasteiger partial charge in [0.05, 0.1) is 6.10 Å². The third-order valence-corrected chi connectivity index (χ3v) is 2.33. The summed E-state index contributed by atoms with van der Waals surface area (Å²) in [5.41, 5.74) is 5.85. The molecule has 0 heterocycles. The van der Waals surface area contributed by atoms with E-state index in [1.807, 2.05) is 0 Å². The Labute approximate surface area is 87.6 Å². The highest BCUT2D eigenvalue weighted by Gasteiger charge is 2.19. The average molecular weight is 208 g/mol. The van der Waals surface area contributed by atoms with Gasteiger partial charge in [-0.15, -0.1) is 12.4 Å². The van der Waals surface area contributed by atoms with Crippen LogP contribution in [0.15, 0.2) is 0 Å². The molecule has 0 bridgehead atoms. The van der Waals surface area contributed by atoms with Crippen LogP contribution in [0, 0.1) is 5.92 Å². The molecule has 0 aromatic carbocycles. The maximum Gasteiger partial charge on any atom is 0.0590 e. The maximum atomic E-state index is 5.85. The number of ether oxygens (including phenoxy) is 1. The summed E-state index contributed by atoms with van der Waals surface area (Å²) in [6.07, 6.45) is 5.13. The van der Waals surface area contributed by atoms with Gasteiger partial charge in [-0.25, -0.2) is 0 Å². The molecule has 2 nitrogen and oxygen atoms in total. The quantitative estimate of drug-likeness (QED) is 0.771. The standard InChI is InChI=1S/C10H21NO.ClH/c1-8(2)7-12-10-5-3-4-9(11)6-10;/h8-10H,3-7,11H2,1-2H3;1H. The van der Waals surface area contributed by atoms with Crippen molar-refractivity contribution in [1.29, 1.82) is 0 Å². The summed E-state index contributed by atoms with van der Waals surface area (Å²) in [5.74, 6) is 0.642. The molecule has 0 saturated heterocycles. The summed E-state index contributed by atoms with van der Waals surface area (Å²) in [6.45, 7) is 5.25. The van der Waals surface area contributed by atoms with Gasteiger partial charge in [0.25, 0.3) is 0 Å². The Bertz CT molecular complexity index is 130. The Kier molecular flexibility index (Phi) is 6.74. The second kappa shape index (κ2) is 6.63. The maximum absolute atomic E-state index is 5.85. The van der Waals surface area contributed by atoms with E-state index in [4.69, 9.17) is 10.5 Å². The third kappa shape index (κ3) is 5.50. The van der Waals surface area contributed by atoms with E-state index in [0.29, 0.717) is 18.1 Å². The van der Waals surface area contributed by atoms with Gasteiger partial charge in [-0.2, -0.15) is 0 Å². The monoisotopic (exact) mass is 207 g/mol. The summed E-state index contributed by atoms with van der Waals surface area (Å²) in [4.78, 5) is 0. The largest absolute Gasteiger partial charge is 0.378 e. The molecule has 2 atom stereocenters. The third-order valence-electron chi connectivity index (χ3n) is 2.33. The molecule has 0 spiro atoms. The van der Waals surface area contributed by atoms with Gasteiger partial charge in [-0.05, 0) is 31.6 Å². The molecule has 1 aliphatic carbocycles. The van der Waals surface area contributed by atoms with Crippen molar-refractivity contribution in [2.24, 2.45) is 11.7 Å². The van der Waals surface area contributed by atoms with E-state index < -0.39 is 0 Å². The lowest BCUT2D eigenvalue weighted by Crippen LogP contribution is -2.32. The second-order valence-electron chi connectivity index (χ2n) is 4.28. The smallest absolute Gasteiger partial charge is 0.0590 e. The average Bonchev–Trinajstić information content (AvgIpc) is 2.01. The minimum Gasteiger partial charge on any atom is -0.378 e. The summed E-state index contributed by atoms with van der Waals surface area (Å²) >= 11 is 0. The molecule has 0 aromatic rings. The van der Waals surface area contributed by atoms with Gasteiger partial charge in [0.15, 0.2) is 0 Å². The molecule has 0 aliphatic heterocycles. The van der Waals surface area contributed by atoms with Crippen LogP contribution in [0.2, 0.25) is 0 Å². The van der Waals surface area contributed by atoms with Gasteiger partial charge in [-0.1, -0.05) is 13.8 Å². The van der Waals surface area contributed by atoms with Crippen LogP contribution >= 0.6 is 12.4 Å². The molecular formula is C10H22ClNO. The molecule has 1 fully saturated rings. The molecule has 80 valence electrons. The van der Waals surface area contributed by atoms with E-state index in [-0.39, 0.29) is 12.4 Å². The van der Waals surface area contributed by atoms with Gasteiger partial charge in [0.1, 0.15) is 0 Å². The molecule has 2 N–H and O–H groups in total. The van der Waals surface area contributed by atoms with Crippen LogP contribution in [0.3, 0.4) is 0 Å². The predicted octanol–water partition coefficient (Wildman–Crippen LogP) is 2.35. The Hall–Kier alpha value is 0.210. The van der Waals surface area contributed by atoms with Crippen molar-refractivity contribution in [1.82, 2.24) is 0 Å². The lowest BCUT2D eigenvalue weighted by atomic mass is 9.93. The van der Waals surface area contributed by atoms with E-state index in [1.165, 1.54) is 19.3 Å². The summed E-state index contributed by atoms with van der Waals surface area (Å²) in [6, 6.07) is 0.385. The highest BCUT2D eigenvalue weighted by molar-refractivity contribution is 5.85. The molecule has 0 aromatic heterocycles. The fourth-order valence-corrected chi connectivity index (χ4v) is 1.66. The van der Waals surface area contributed by atoms with Crippen molar-refractivity contribution in [3.63, 3.8) is 0 Å². The van der Waals surface area contributed by atoms with Gasteiger partial charge < -0.3 is 10.5 Å². The zero-order valence-corrected chi connectivity index (χ0v) is 9.48. The van der Waals surface area contributed by atoms with Crippen molar-refractivity contribution < 1.29 is 4.74 Å². The normalized spacial score (nSPS) is 28.6. The molecule has 0 radical (unpaired) electrons. The van der Waals surface area contributed by atoms with Crippen LogP contribution in [-0.2, 0) is 4.74 Å². The van der Waals surface area contributed by atoms with E-state index in [0.717, 1.165) is 13.0 Å². The fraction of sp³-hybridized carbons (Fsp3) is 1.00. The first kappa shape index (κ1) is 13.2. The number of hydrogen-bond donors (Lipinski definition) is 1. The highest BCUT2D eigenvalue weighted by atomic mass is 35.5. The first-order chi connectivity index (χ1) is 5.68. The van der Waals surface area contributed by atoms with E-state index in [2.05, 4.69) is 13.8 Å². The summed E-state index contributed by atoms with van der Waals surface area (Å²) in [7, 11) is 0. The topological polar surface area (TPSA) is 35.2 Å². The SMILES string of the molecule is CC(C)COC1CCCC(N)C1.Cl. The molecule has 2 unspecified atom stereocenters. The Morgan fingerprint density at radius 2 is 2.08 bits per heavy atom. The molecule has 1 aliphatic rings. The first-order valence-corrected chi connectivity index (χ1v) is 5.05. The number of halogens is 1. The molecule has 1 rings (SSSR count). The summed E-state index contributed by atoms with van der Waals surface area (Å²) in [5, 5.41) is 0. The Morgan fingerprint density at radius 1 is 1.38 bits per heavy atom. The first-order valence-electron chi connectivity index (χ1n) is 5.05. The van der Waals surface area contributed by atoms with Crippen LogP contribution in [0.25, 0.3) is 0 Å². The Balaban J connectivity index is 0.00000144. The van der Waals surface area contributed by atoms with Crippen LogP contribution in [0.4, 0.5) is 0 Å². The van der Waals surface area contributed by atoms with Gasteiger partial charge in [0.2, 0.25) is 0 Å². The molecule has 0 amide bonds. The lowest BCUT2D eigenvalue weighted by molar-refractivity contribution is 0.00939. The predicted molar refractivity (Wildman–Crippen MR) is 58.3 cm³/mol. The highest BCUT2D eigenvalue weighted by Crippen LogP contribution is 2.20.